The number of carbonyl (C=O) groups is 1. The summed E-state index contributed by atoms with van der Waals surface area (Å²) >= 11 is 1.66. The lowest BCUT2D eigenvalue weighted by Gasteiger charge is -2.35. The molecule has 3 aromatic rings. The summed E-state index contributed by atoms with van der Waals surface area (Å²) in [5.74, 6) is -0.383. The zero-order chi connectivity index (χ0) is 16.5. The molecule has 4 rings (SSSR count). The number of aromatic nitrogens is 2. The highest BCUT2D eigenvalue weighted by Crippen LogP contribution is 2.19. The maximum atomic E-state index is 11.1. The van der Waals surface area contributed by atoms with E-state index in [4.69, 9.17) is 5.73 Å². The van der Waals surface area contributed by atoms with Gasteiger partial charge in [-0.1, -0.05) is 0 Å². The molecule has 0 spiro atoms. The Morgan fingerprint density at radius 3 is 2.58 bits per heavy atom. The zero-order valence-corrected chi connectivity index (χ0v) is 14.1. The number of hydrogen-bond acceptors (Lipinski definition) is 5. The topological polar surface area (TPSA) is 66.9 Å². The summed E-state index contributed by atoms with van der Waals surface area (Å²) in [5, 5.41) is 2.05. The van der Waals surface area contributed by atoms with E-state index in [1.54, 1.807) is 23.5 Å². The van der Waals surface area contributed by atoms with Crippen LogP contribution in [0.5, 0.6) is 0 Å². The van der Waals surface area contributed by atoms with E-state index < -0.39 is 0 Å². The molecule has 2 N–H and O–H groups in total. The number of anilines is 1. The van der Waals surface area contributed by atoms with Crippen molar-refractivity contribution in [3.8, 4) is 0 Å². The van der Waals surface area contributed by atoms with Crippen molar-refractivity contribution >= 4 is 27.9 Å². The lowest BCUT2D eigenvalue weighted by atomic mass is 10.1. The van der Waals surface area contributed by atoms with Gasteiger partial charge < -0.3 is 10.6 Å². The molecular formula is C17H19N5OS. The van der Waals surface area contributed by atoms with Gasteiger partial charge in [-0.3, -0.25) is 14.1 Å². The highest BCUT2D eigenvalue weighted by molar-refractivity contribution is 7.15. The fraction of sp³-hybridized carbons (Fsp3) is 0.294. The number of benzene rings is 1. The first kappa shape index (κ1) is 15.2. The minimum absolute atomic E-state index is 0.383. The number of carbonyl (C=O) groups excluding carboxylic acids is 1. The summed E-state index contributed by atoms with van der Waals surface area (Å²) in [5.41, 5.74) is 8.11. The summed E-state index contributed by atoms with van der Waals surface area (Å²) in [6.07, 6.45) is 4.16. The van der Waals surface area contributed by atoms with E-state index in [9.17, 15) is 4.79 Å². The van der Waals surface area contributed by atoms with Gasteiger partial charge in [0, 0.05) is 61.7 Å². The number of piperazine rings is 1. The Bertz CT molecular complexity index is 817. The van der Waals surface area contributed by atoms with Gasteiger partial charge in [0.05, 0.1) is 5.69 Å². The molecule has 6 nitrogen and oxygen atoms in total. The Morgan fingerprint density at radius 2 is 1.92 bits per heavy atom. The van der Waals surface area contributed by atoms with E-state index in [1.807, 2.05) is 23.7 Å². The van der Waals surface area contributed by atoms with Crippen LogP contribution < -0.4 is 10.6 Å². The third-order valence-electron chi connectivity index (χ3n) is 4.42. The third-order valence-corrected chi connectivity index (χ3v) is 5.19. The number of thiazole rings is 1. The van der Waals surface area contributed by atoms with Crippen LogP contribution in [0.2, 0.25) is 0 Å². The molecule has 3 heterocycles. The van der Waals surface area contributed by atoms with Crippen molar-refractivity contribution in [2.24, 2.45) is 5.73 Å². The van der Waals surface area contributed by atoms with E-state index in [2.05, 4.69) is 25.4 Å². The molecule has 1 fully saturated rings. The van der Waals surface area contributed by atoms with Gasteiger partial charge in [-0.15, -0.1) is 11.3 Å². The van der Waals surface area contributed by atoms with Crippen molar-refractivity contribution in [1.82, 2.24) is 14.3 Å². The van der Waals surface area contributed by atoms with E-state index in [1.165, 1.54) is 0 Å². The van der Waals surface area contributed by atoms with Crippen molar-refractivity contribution in [1.29, 1.82) is 0 Å². The van der Waals surface area contributed by atoms with Crippen LogP contribution in [-0.2, 0) is 6.54 Å². The SMILES string of the molecule is NC(=O)c1ccc(N2CCN(Cc3cn4ccsc4n3)CC2)cc1. The molecule has 2 aromatic heterocycles. The summed E-state index contributed by atoms with van der Waals surface area (Å²) < 4.78 is 2.08. The maximum Gasteiger partial charge on any atom is 0.248 e. The summed E-state index contributed by atoms with van der Waals surface area (Å²) in [4.78, 5) is 21.6. The zero-order valence-electron chi connectivity index (χ0n) is 13.3. The van der Waals surface area contributed by atoms with Gasteiger partial charge in [-0.2, -0.15) is 0 Å². The van der Waals surface area contributed by atoms with Crippen LogP contribution in [0.1, 0.15) is 16.1 Å². The second-order valence-electron chi connectivity index (χ2n) is 6.00. The molecule has 0 aliphatic carbocycles. The number of primary amides is 1. The number of fused-ring (bicyclic) bond motifs is 1. The van der Waals surface area contributed by atoms with E-state index >= 15 is 0 Å². The lowest BCUT2D eigenvalue weighted by Crippen LogP contribution is -2.46. The van der Waals surface area contributed by atoms with Crippen LogP contribution in [0.15, 0.2) is 42.0 Å². The van der Waals surface area contributed by atoms with Gasteiger partial charge in [0.25, 0.3) is 0 Å². The Balaban J connectivity index is 1.35. The highest BCUT2D eigenvalue weighted by Gasteiger charge is 2.18. The Kier molecular flexibility index (Phi) is 3.95. The van der Waals surface area contributed by atoms with Crippen molar-refractivity contribution in [2.75, 3.05) is 31.1 Å². The number of rotatable bonds is 4. The second kappa shape index (κ2) is 6.26. The number of amides is 1. The number of imidazole rings is 1. The van der Waals surface area contributed by atoms with E-state index in [-0.39, 0.29) is 5.91 Å². The molecule has 0 radical (unpaired) electrons. The maximum absolute atomic E-state index is 11.1. The molecule has 1 saturated heterocycles. The molecule has 124 valence electrons. The molecular weight excluding hydrogens is 322 g/mol. The van der Waals surface area contributed by atoms with Crippen molar-refractivity contribution in [3.63, 3.8) is 0 Å². The van der Waals surface area contributed by atoms with Gasteiger partial charge >= 0.3 is 0 Å². The van der Waals surface area contributed by atoms with Crippen LogP contribution >= 0.6 is 11.3 Å². The molecule has 1 aromatic carbocycles. The largest absolute Gasteiger partial charge is 0.369 e. The number of nitrogens with zero attached hydrogens (tertiary/aromatic N) is 4. The van der Waals surface area contributed by atoms with Crippen LogP contribution in [0, 0.1) is 0 Å². The average molecular weight is 341 g/mol. The minimum atomic E-state index is -0.383. The van der Waals surface area contributed by atoms with Crippen molar-refractivity contribution in [3.05, 3.63) is 53.3 Å². The highest BCUT2D eigenvalue weighted by atomic mass is 32.1. The van der Waals surface area contributed by atoms with Gasteiger partial charge in [0.2, 0.25) is 5.91 Å². The van der Waals surface area contributed by atoms with Gasteiger partial charge in [0.15, 0.2) is 4.96 Å². The van der Waals surface area contributed by atoms with Crippen LogP contribution in [-0.4, -0.2) is 46.4 Å². The number of hydrogen-bond donors (Lipinski definition) is 1. The predicted molar refractivity (Wildman–Crippen MR) is 95.5 cm³/mol. The molecule has 1 aliphatic rings. The van der Waals surface area contributed by atoms with Gasteiger partial charge in [-0.05, 0) is 24.3 Å². The van der Waals surface area contributed by atoms with Crippen molar-refractivity contribution in [2.45, 2.75) is 6.54 Å². The normalized spacial score (nSPS) is 15.9. The predicted octanol–water partition coefficient (Wildman–Crippen LogP) is 1.82. The van der Waals surface area contributed by atoms with E-state index in [0.29, 0.717) is 5.56 Å². The molecule has 0 bridgehead atoms. The standard InChI is InChI=1S/C17H19N5OS/c18-16(23)13-1-3-15(4-2-13)21-7-5-20(6-8-21)11-14-12-22-9-10-24-17(22)19-14/h1-4,9-10,12H,5-8,11H2,(H2,18,23). The summed E-state index contributed by atoms with van der Waals surface area (Å²) in [6, 6.07) is 7.53. The molecule has 24 heavy (non-hydrogen) atoms. The monoisotopic (exact) mass is 341 g/mol. The van der Waals surface area contributed by atoms with E-state index in [0.717, 1.165) is 49.1 Å². The quantitative estimate of drug-likeness (QED) is 0.786. The lowest BCUT2D eigenvalue weighted by molar-refractivity contribution is 0.100. The Hall–Kier alpha value is -2.38. The molecule has 0 saturated carbocycles. The summed E-state index contributed by atoms with van der Waals surface area (Å²) in [7, 11) is 0. The Labute approximate surface area is 144 Å². The summed E-state index contributed by atoms with van der Waals surface area (Å²) in [6.45, 7) is 4.84. The smallest absolute Gasteiger partial charge is 0.248 e. The molecule has 0 atom stereocenters. The second-order valence-corrected chi connectivity index (χ2v) is 6.87. The Morgan fingerprint density at radius 1 is 1.17 bits per heavy atom. The van der Waals surface area contributed by atoms with Crippen LogP contribution in [0.25, 0.3) is 4.96 Å². The number of nitrogens with two attached hydrogens (primary N) is 1. The fourth-order valence-corrected chi connectivity index (χ4v) is 3.80. The average Bonchev–Trinajstić information content (AvgIpc) is 3.17. The first-order valence-electron chi connectivity index (χ1n) is 7.97. The molecule has 0 unspecified atom stereocenters. The molecule has 7 heteroatoms. The molecule has 1 aliphatic heterocycles. The third kappa shape index (κ3) is 3.00. The first-order valence-corrected chi connectivity index (χ1v) is 8.85. The minimum Gasteiger partial charge on any atom is -0.369 e. The fourth-order valence-electron chi connectivity index (χ4n) is 3.08. The van der Waals surface area contributed by atoms with Crippen molar-refractivity contribution < 1.29 is 4.79 Å². The van der Waals surface area contributed by atoms with Gasteiger partial charge in [-0.25, -0.2) is 4.98 Å². The molecule has 1 amide bonds. The van der Waals surface area contributed by atoms with Crippen LogP contribution in [0.3, 0.4) is 0 Å². The van der Waals surface area contributed by atoms with Gasteiger partial charge in [0.1, 0.15) is 0 Å². The first-order chi connectivity index (χ1) is 11.7. The van der Waals surface area contributed by atoms with Crippen LogP contribution in [0.4, 0.5) is 5.69 Å².